The Kier molecular flexibility index (Phi) is 9.47. The van der Waals surface area contributed by atoms with E-state index in [1.54, 1.807) is 25.1 Å². The third kappa shape index (κ3) is 6.75. The van der Waals surface area contributed by atoms with Gasteiger partial charge in [-0.15, -0.1) is 0 Å². The first-order valence-corrected chi connectivity index (χ1v) is 17.5. The van der Waals surface area contributed by atoms with Crippen LogP contribution in [0.1, 0.15) is 92.1 Å². The number of hydrogen-bond donors (Lipinski definition) is 3. The van der Waals surface area contributed by atoms with Crippen LogP contribution in [0.3, 0.4) is 0 Å². The Bertz CT molecular complexity index is 1810. The highest BCUT2D eigenvalue weighted by atomic mass is 35.5. The van der Waals surface area contributed by atoms with Crippen LogP contribution in [0, 0.1) is 0 Å². The third-order valence-corrected chi connectivity index (χ3v) is 10.6. The molecule has 3 amide bonds. The maximum Gasteiger partial charge on any atom is 0.270 e. The second-order valence-corrected chi connectivity index (χ2v) is 15.4. The van der Waals surface area contributed by atoms with E-state index in [0.29, 0.717) is 43.6 Å². The maximum atomic E-state index is 14.5. The predicted molar refractivity (Wildman–Crippen MR) is 180 cm³/mol. The molecule has 47 heavy (non-hydrogen) atoms. The summed E-state index contributed by atoms with van der Waals surface area (Å²) in [4.78, 5) is 40.4. The summed E-state index contributed by atoms with van der Waals surface area (Å²) in [5.41, 5.74) is -0.845. The molecule has 250 valence electrons. The highest BCUT2D eigenvalue weighted by Gasteiger charge is 2.54. The zero-order chi connectivity index (χ0) is 34.3. The van der Waals surface area contributed by atoms with E-state index in [9.17, 15) is 27.9 Å². The number of nitrogens with zero attached hydrogens (tertiary/aromatic N) is 1. The fourth-order valence-corrected chi connectivity index (χ4v) is 7.93. The van der Waals surface area contributed by atoms with Crippen molar-refractivity contribution in [1.82, 2.24) is 10.6 Å². The fourth-order valence-electron chi connectivity index (χ4n) is 6.11. The quantitative estimate of drug-likeness (QED) is 0.291. The highest BCUT2D eigenvalue weighted by molar-refractivity contribution is 7.93. The van der Waals surface area contributed by atoms with Gasteiger partial charge in [-0.2, -0.15) is 0 Å². The van der Waals surface area contributed by atoms with Gasteiger partial charge in [0, 0.05) is 33.3 Å². The zero-order valence-electron chi connectivity index (χ0n) is 27.1. The molecule has 1 saturated carbocycles. The molecule has 3 aromatic rings. The molecule has 10 nitrogen and oxygen atoms in total. The van der Waals surface area contributed by atoms with Crippen LogP contribution in [0.15, 0.2) is 65.6 Å². The van der Waals surface area contributed by atoms with Crippen molar-refractivity contribution in [1.29, 1.82) is 0 Å². The van der Waals surface area contributed by atoms with Gasteiger partial charge in [-0.3, -0.25) is 14.4 Å². The van der Waals surface area contributed by atoms with Gasteiger partial charge in [-0.05, 0) is 127 Å². The Balaban J connectivity index is 1.55. The number of benzene rings is 3. The number of anilines is 1. The molecule has 1 fully saturated rings. The van der Waals surface area contributed by atoms with Gasteiger partial charge >= 0.3 is 0 Å². The van der Waals surface area contributed by atoms with Gasteiger partial charge in [-0.1, -0.05) is 11.6 Å². The van der Waals surface area contributed by atoms with E-state index in [-0.39, 0.29) is 56.3 Å². The molecule has 0 aromatic heterocycles. The number of rotatable bonds is 8. The van der Waals surface area contributed by atoms with Crippen molar-refractivity contribution >= 4 is 45.0 Å². The number of carbonyl (C=O) groups is 3. The van der Waals surface area contributed by atoms with Gasteiger partial charge in [-0.25, -0.2) is 12.7 Å². The lowest BCUT2D eigenvalue weighted by Gasteiger charge is -2.28. The smallest absolute Gasteiger partial charge is 0.270 e. The molecule has 2 aliphatic rings. The second-order valence-electron chi connectivity index (χ2n) is 13.2. The summed E-state index contributed by atoms with van der Waals surface area (Å²) >= 11 is 6.73. The number of aliphatic hydroxyl groups is 1. The normalized spacial score (nSPS) is 21.3. The zero-order valence-corrected chi connectivity index (χ0v) is 28.7. The van der Waals surface area contributed by atoms with E-state index in [0.717, 1.165) is 4.31 Å². The summed E-state index contributed by atoms with van der Waals surface area (Å²) in [5, 5.41) is 15.9. The molecule has 3 N–H and O–H groups in total. The van der Waals surface area contributed by atoms with Crippen LogP contribution in [-0.4, -0.2) is 55.5 Å². The van der Waals surface area contributed by atoms with Crippen LogP contribution >= 0.6 is 11.6 Å². The van der Waals surface area contributed by atoms with E-state index >= 15 is 0 Å². The lowest BCUT2D eigenvalue weighted by molar-refractivity contribution is -0.120. The molecule has 3 aromatic carbocycles. The molecular weight excluding hydrogens is 642 g/mol. The molecule has 1 unspecified atom stereocenters. The molecule has 5 rings (SSSR count). The summed E-state index contributed by atoms with van der Waals surface area (Å²) in [6, 6.07) is 14.7. The van der Waals surface area contributed by atoms with Crippen molar-refractivity contribution in [3.05, 3.63) is 87.9 Å². The molecular formula is C35H40ClN3O7S. The Hall–Kier alpha value is -3.93. The van der Waals surface area contributed by atoms with Crippen LogP contribution in [0.4, 0.5) is 5.69 Å². The van der Waals surface area contributed by atoms with Crippen LogP contribution in [0.25, 0.3) is 0 Å². The maximum absolute atomic E-state index is 14.5. The second kappa shape index (κ2) is 12.9. The molecule has 0 bridgehead atoms. The first-order valence-electron chi connectivity index (χ1n) is 15.6. The lowest BCUT2D eigenvalue weighted by atomic mass is 9.76. The monoisotopic (exact) mass is 681 g/mol. The fraction of sp³-hybridized carbons (Fsp3) is 0.400. The van der Waals surface area contributed by atoms with Crippen LogP contribution < -0.4 is 19.7 Å². The minimum Gasteiger partial charge on any atom is -0.494 e. The molecule has 0 radical (unpaired) electrons. The highest BCUT2D eigenvalue weighted by Crippen LogP contribution is 2.51. The summed E-state index contributed by atoms with van der Waals surface area (Å²) in [6.45, 7) is 9.26. The summed E-state index contributed by atoms with van der Waals surface area (Å²) in [7, 11) is -4.48. The summed E-state index contributed by atoms with van der Waals surface area (Å²) in [6.07, 6.45) is 2.11. The first-order chi connectivity index (χ1) is 22.1. The van der Waals surface area contributed by atoms with Crippen molar-refractivity contribution in [2.24, 2.45) is 0 Å². The number of nitrogens with one attached hydrogen (secondary N) is 2. The van der Waals surface area contributed by atoms with E-state index in [2.05, 4.69) is 10.6 Å². The number of fused-ring (bicyclic) bond motifs is 1. The van der Waals surface area contributed by atoms with E-state index in [4.69, 9.17) is 16.3 Å². The van der Waals surface area contributed by atoms with Gasteiger partial charge < -0.3 is 20.5 Å². The number of halogens is 1. The van der Waals surface area contributed by atoms with E-state index < -0.39 is 26.9 Å². The molecule has 1 atom stereocenters. The summed E-state index contributed by atoms with van der Waals surface area (Å²) < 4.78 is 34.9. The lowest BCUT2D eigenvalue weighted by Crippen LogP contribution is -2.43. The average molecular weight is 682 g/mol. The van der Waals surface area contributed by atoms with Crippen molar-refractivity contribution in [2.75, 3.05) is 10.9 Å². The Morgan fingerprint density at radius 3 is 2.21 bits per heavy atom. The van der Waals surface area contributed by atoms with E-state index in [1.165, 1.54) is 42.5 Å². The van der Waals surface area contributed by atoms with Crippen molar-refractivity contribution in [3.63, 3.8) is 0 Å². The SMILES string of the molecule is CCOc1ccc2c(c1)C(C)(c1cc(C(=O)N[C@H]3CC[C@H](O)CC3)ccc1Cl)C(=O)N2S(=O)(=O)c1ccc(C(=O)NC(C)(C)C)cc1. The predicted octanol–water partition coefficient (Wildman–Crippen LogP) is 5.34. The van der Waals surface area contributed by atoms with Crippen molar-refractivity contribution in [2.45, 2.75) is 88.3 Å². The Morgan fingerprint density at radius 1 is 0.957 bits per heavy atom. The van der Waals surface area contributed by atoms with Gasteiger partial charge in [0.2, 0.25) is 0 Å². The molecule has 1 aliphatic heterocycles. The van der Waals surface area contributed by atoms with Crippen LogP contribution in [0.2, 0.25) is 5.02 Å². The molecule has 0 saturated heterocycles. The number of carbonyl (C=O) groups excluding carboxylic acids is 3. The largest absolute Gasteiger partial charge is 0.494 e. The van der Waals surface area contributed by atoms with Gasteiger partial charge in [0.15, 0.2) is 0 Å². The Morgan fingerprint density at radius 2 is 1.60 bits per heavy atom. The molecule has 12 heteroatoms. The molecule has 1 aliphatic carbocycles. The number of ether oxygens (including phenoxy) is 1. The summed E-state index contributed by atoms with van der Waals surface area (Å²) in [5.74, 6) is -1.07. The Labute approximate surface area is 280 Å². The average Bonchev–Trinajstić information content (AvgIpc) is 3.24. The topological polar surface area (TPSA) is 142 Å². The van der Waals surface area contributed by atoms with Gasteiger partial charge in [0.1, 0.15) is 11.2 Å². The van der Waals surface area contributed by atoms with E-state index in [1.807, 2.05) is 27.7 Å². The number of amides is 3. The molecule has 1 heterocycles. The number of aliphatic hydroxyl groups excluding tert-OH is 1. The van der Waals surface area contributed by atoms with Gasteiger partial charge in [0.05, 0.1) is 23.3 Å². The van der Waals surface area contributed by atoms with Crippen molar-refractivity contribution < 1.29 is 32.6 Å². The third-order valence-electron chi connectivity index (χ3n) is 8.59. The van der Waals surface area contributed by atoms with Crippen LogP contribution in [0.5, 0.6) is 5.75 Å². The number of hydrogen-bond acceptors (Lipinski definition) is 7. The number of sulfonamides is 1. The van der Waals surface area contributed by atoms with Crippen LogP contribution in [-0.2, 0) is 20.2 Å². The first kappa shape index (κ1) is 34.4. The van der Waals surface area contributed by atoms with Gasteiger partial charge in [0.25, 0.3) is 27.7 Å². The molecule has 0 spiro atoms. The minimum atomic E-state index is -4.48. The standard InChI is InChI=1S/C35H40ClN3O7S/c1-6-46-25-14-18-30-28(20-25)35(5,27-19-22(9-17-29(27)36)31(41)37-23-10-12-24(40)13-11-23)33(43)39(30)47(44,45)26-15-7-21(8-16-26)32(42)38-34(2,3)4/h7-9,14-20,23-24,40H,6,10-13H2,1-5H3,(H,37,41)(H,38,42)/t23-,24-,35?. The van der Waals surface area contributed by atoms with Crippen molar-refractivity contribution in [3.8, 4) is 5.75 Å². The minimum absolute atomic E-state index is 0.102.